The second kappa shape index (κ2) is 9.15. The first-order valence-corrected chi connectivity index (χ1v) is 11.8. The molecule has 2 aromatic heterocycles. The lowest BCUT2D eigenvalue weighted by atomic mass is 10.0. The number of carbonyl (C=O) groups excluding carboxylic acids is 1. The molecule has 0 aliphatic carbocycles. The van der Waals surface area contributed by atoms with Crippen LogP contribution in [-0.4, -0.2) is 27.8 Å². The van der Waals surface area contributed by atoms with Crippen LogP contribution in [0, 0.1) is 23.3 Å². The van der Waals surface area contributed by atoms with Gasteiger partial charge in [0.1, 0.15) is 23.1 Å². The molecule has 5 rings (SSSR count). The topological polar surface area (TPSA) is 70.1 Å². The Balaban J connectivity index is 1.48. The smallest absolute Gasteiger partial charge is 0.201 e. The summed E-state index contributed by atoms with van der Waals surface area (Å²) in [4.78, 5) is 24.4. The molecule has 0 saturated carbocycles. The summed E-state index contributed by atoms with van der Waals surface area (Å²) in [6.07, 6.45) is 4.81. The zero-order valence-corrected chi connectivity index (χ0v) is 18.7. The van der Waals surface area contributed by atoms with Gasteiger partial charge in [0.15, 0.2) is 5.82 Å². The van der Waals surface area contributed by atoms with Gasteiger partial charge in [0.25, 0.3) is 0 Å². The SMILES string of the molecule is O=C(c1c(F)ccc(NSc2cc(F)ccc2F)c1F)c1c[nH]c2ncc(C3C=NCS3)cc12. The maximum atomic E-state index is 15.2. The molecule has 34 heavy (non-hydrogen) atoms. The van der Waals surface area contributed by atoms with Gasteiger partial charge in [-0.3, -0.25) is 9.79 Å². The van der Waals surface area contributed by atoms with Gasteiger partial charge in [-0.15, -0.1) is 11.8 Å². The highest BCUT2D eigenvalue weighted by atomic mass is 32.2. The third-order valence-electron chi connectivity index (χ3n) is 5.18. The summed E-state index contributed by atoms with van der Waals surface area (Å²) < 4.78 is 59.6. The number of carbonyl (C=O) groups is 1. The number of halogens is 4. The predicted molar refractivity (Wildman–Crippen MR) is 125 cm³/mol. The predicted octanol–water partition coefficient (Wildman–Crippen LogP) is 6.29. The van der Waals surface area contributed by atoms with E-state index in [1.807, 2.05) is 0 Å². The number of ketones is 1. The van der Waals surface area contributed by atoms with E-state index in [1.165, 1.54) is 6.20 Å². The lowest BCUT2D eigenvalue weighted by molar-refractivity contribution is 0.103. The number of benzene rings is 2. The molecule has 0 spiro atoms. The first-order chi connectivity index (χ1) is 16.4. The van der Waals surface area contributed by atoms with Crippen molar-refractivity contribution in [2.24, 2.45) is 4.99 Å². The molecule has 0 saturated heterocycles. The van der Waals surface area contributed by atoms with E-state index in [9.17, 15) is 18.0 Å². The number of H-pyrrole nitrogens is 1. The van der Waals surface area contributed by atoms with Crippen LogP contribution < -0.4 is 4.72 Å². The third-order valence-corrected chi connectivity index (χ3v) is 7.08. The van der Waals surface area contributed by atoms with E-state index in [0.29, 0.717) is 28.9 Å². The highest BCUT2D eigenvalue weighted by molar-refractivity contribution is 8.00. The normalized spacial score (nSPS) is 15.2. The van der Waals surface area contributed by atoms with Crippen molar-refractivity contribution in [1.29, 1.82) is 0 Å². The second-order valence-electron chi connectivity index (χ2n) is 7.31. The van der Waals surface area contributed by atoms with Crippen LogP contribution in [0.5, 0.6) is 0 Å². The number of pyridine rings is 1. The van der Waals surface area contributed by atoms with Gasteiger partial charge in [0.05, 0.1) is 27.3 Å². The average Bonchev–Trinajstić information content (AvgIpc) is 3.50. The first kappa shape index (κ1) is 22.5. The van der Waals surface area contributed by atoms with Crippen molar-refractivity contribution < 1.29 is 22.4 Å². The van der Waals surface area contributed by atoms with Gasteiger partial charge < -0.3 is 9.71 Å². The molecule has 4 aromatic rings. The van der Waals surface area contributed by atoms with Crippen LogP contribution in [0.15, 0.2) is 58.7 Å². The van der Waals surface area contributed by atoms with Crippen LogP contribution in [0.2, 0.25) is 0 Å². The minimum absolute atomic E-state index is 0.0176. The highest BCUT2D eigenvalue weighted by Gasteiger charge is 2.25. The molecule has 2 N–H and O–H groups in total. The van der Waals surface area contributed by atoms with Crippen molar-refractivity contribution in [2.75, 3.05) is 10.6 Å². The van der Waals surface area contributed by atoms with Crippen LogP contribution in [0.25, 0.3) is 11.0 Å². The van der Waals surface area contributed by atoms with Crippen molar-refractivity contribution in [3.8, 4) is 0 Å². The molecule has 3 heterocycles. The van der Waals surface area contributed by atoms with E-state index < -0.39 is 34.6 Å². The van der Waals surface area contributed by atoms with Crippen molar-refractivity contribution >= 4 is 52.4 Å². The zero-order chi connectivity index (χ0) is 23.8. The Labute approximate surface area is 199 Å². The highest BCUT2D eigenvalue weighted by Crippen LogP contribution is 2.34. The van der Waals surface area contributed by atoms with Gasteiger partial charge in [-0.05, 0) is 53.9 Å². The molecule has 2 aromatic carbocycles. The van der Waals surface area contributed by atoms with E-state index >= 15 is 4.39 Å². The number of nitrogens with zero attached hydrogens (tertiary/aromatic N) is 2. The average molecular weight is 503 g/mol. The largest absolute Gasteiger partial charge is 0.345 e. The fourth-order valence-electron chi connectivity index (χ4n) is 3.49. The van der Waals surface area contributed by atoms with Crippen molar-refractivity contribution in [3.63, 3.8) is 0 Å². The number of aliphatic imine (C=N–C) groups is 1. The fourth-order valence-corrected chi connectivity index (χ4v) is 5.03. The Kier molecular flexibility index (Phi) is 6.05. The molecule has 0 bridgehead atoms. The monoisotopic (exact) mass is 502 g/mol. The number of rotatable bonds is 6. The number of hydrogen-bond donors (Lipinski definition) is 2. The molecule has 5 nitrogen and oxygen atoms in total. The van der Waals surface area contributed by atoms with Gasteiger partial charge in [0.2, 0.25) is 5.78 Å². The van der Waals surface area contributed by atoms with Crippen LogP contribution in [-0.2, 0) is 0 Å². The quantitative estimate of drug-likeness (QED) is 0.184. The molecular formula is C23H14F4N4OS2. The lowest BCUT2D eigenvalue weighted by Crippen LogP contribution is -2.09. The second-order valence-corrected chi connectivity index (χ2v) is 9.25. The standard InChI is InChI=1S/C23H14F4N4OS2/c24-12-1-2-15(25)18(6-12)34-31-17-4-3-16(26)20(21(17)27)22(32)14-8-30-23-13(14)5-11(7-29-23)19-9-28-10-33-19/h1-9,19,31H,10H2,(H,29,30). The first-order valence-electron chi connectivity index (χ1n) is 9.91. The summed E-state index contributed by atoms with van der Waals surface area (Å²) in [5.41, 5.74) is 0.253. The number of anilines is 1. The number of aromatic amines is 1. The molecule has 1 aliphatic heterocycles. The maximum absolute atomic E-state index is 15.2. The zero-order valence-electron chi connectivity index (χ0n) is 17.1. The van der Waals surface area contributed by atoms with Crippen LogP contribution in [0.1, 0.15) is 26.7 Å². The van der Waals surface area contributed by atoms with Crippen LogP contribution in [0.3, 0.4) is 0 Å². The van der Waals surface area contributed by atoms with Crippen LogP contribution >= 0.6 is 23.7 Å². The van der Waals surface area contributed by atoms with Gasteiger partial charge in [0, 0.05) is 29.6 Å². The summed E-state index contributed by atoms with van der Waals surface area (Å²) >= 11 is 2.19. The maximum Gasteiger partial charge on any atom is 0.201 e. The molecule has 172 valence electrons. The molecule has 11 heteroatoms. The van der Waals surface area contributed by atoms with E-state index in [1.54, 1.807) is 30.2 Å². The molecule has 1 atom stereocenters. The number of fused-ring (bicyclic) bond motifs is 1. The van der Waals surface area contributed by atoms with E-state index in [-0.39, 0.29) is 21.4 Å². The molecule has 1 aliphatic rings. The van der Waals surface area contributed by atoms with E-state index in [2.05, 4.69) is 19.7 Å². The lowest BCUT2D eigenvalue weighted by Gasteiger charge is -2.11. The summed E-state index contributed by atoms with van der Waals surface area (Å²) in [6, 6.07) is 6.59. The van der Waals surface area contributed by atoms with E-state index in [4.69, 9.17) is 0 Å². The third kappa shape index (κ3) is 4.16. The molecular weight excluding hydrogens is 488 g/mol. The number of hydrogen-bond acceptors (Lipinski definition) is 6. The molecule has 1 unspecified atom stereocenters. The van der Waals surface area contributed by atoms with Gasteiger partial charge in [-0.25, -0.2) is 22.5 Å². The Morgan fingerprint density at radius 2 is 1.94 bits per heavy atom. The Morgan fingerprint density at radius 1 is 1.12 bits per heavy atom. The minimum Gasteiger partial charge on any atom is -0.345 e. The van der Waals surface area contributed by atoms with Crippen molar-refractivity contribution in [1.82, 2.24) is 9.97 Å². The molecule has 0 radical (unpaired) electrons. The van der Waals surface area contributed by atoms with Gasteiger partial charge in [-0.1, -0.05) is 0 Å². The molecule has 0 amide bonds. The van der Waals surface area contributed by atoms with Crippen molar-refractivity contribution in [3.05, 3.63) is 88.8 Å². The van der Waals surface area contributed by atoms with E-state index in [0.717, 1.165) is 35.9 Å². The van der Waals surface area contributed by atoms with Gasteiger partial charge in [-0.2, -0.15) is 0 Å². The number of nitrogens with one attached hydrogen (secondary N) is 2. The number of thioether (sulfide) groups is 1. The van der Waals surface area contributed by atoms with Crippen LogP contribution in [0.4, 0.5) is 23.2 Å². The summed E-state index contributed by atoms with van der Waals surface area (Å²) in [6.45, 7) is 0. The summed E-state index contributed by atoms with van der Waals surface area (Å²) in [5.74, 6) is -3.84. The Hall–Kier alpha value is -3.31. The fraction of sp³-hybridized carbons (Fsp3) is 0.0870. The Morgan fingerprint density at radius 3 is 2.74 bits per heavy atom. The Bertz CT molecular complexity index is 1460. The molecule has 0 fully saturated rings. The van der Waals surface area contributed by atoms with Gasteiger partial charge >= 0.3 is 0 Å². The van der Waals surface area contributed by atoms with Crippen molar-refractivity contribution in [2.45, 2.75) is 10.1 Å². The summed E-state index contributed by atoms with van der Waals surface area (Å²) in [5, 5.41) is 0.410. The summed E-state index contributed by atoms with van der Waals surface area (Å²) in [7, 11) is 0. The number of aromatic nitrogens is 2. The minimum atomic E-state index is -1.15.